The second kappa shape index (κ2) is 6.20. The van der Waals surface area contributed by atoms with Gasteiger partial charge in [-0.2, -0.15) is 0 Å². The third-order valence-electron chi connectivity index (χ3n) is 2.80. The van der Waals surface area contributed by atoms with Crippen LogP contribution < -0.4 is 5.32 Å². The van der Waals surface area contributed by atoms with E-state index in [9.17, 15) is 4.79 Å². The van der Waals surface area contributed by atoms with Crippen molar-refractivity contribution in [3.8, 4) is 0 Å². The Hall–Kier alpha value is -2.07. The van der Waals surface area contributed by atoms with Gasteiger partial charge in [-0.3, -0.25) is 0 Å². The minimum atomic E-state index is -0.314. The van der Waals surface area contributed by atoms with Crippen LogP contribution in [-0.4, -0.2) is 13.1 Å². The van der Waals surface area contributed by atoms with Crippen molar-refractivity contribution < 1.29 is 13.9 Å². The number of benzene rings is 1. The van der Waals surface area contributed by atoms with Crippen LogP contribution in [-0.2, 0) is 17.8 Å². The number of nitrogens with one attached hydrogen (secondary N) is 1. The summed E-state index contributed by atoms with van der Waals surface area (Å²) in [6.07, 6.45) is 0. The first-order valence-corrected chi connectivity index (χ1v) is 6.12. The maximum absolute atomic E-state index is 11.3. The van der Waals surface area contributed by atoms with E-state index in [2.05, 4.69) is 10.1 Å². The Morgan fingerprint density at radius 3 is 2.47 bits per heavy atom. The number of esters is 1. The number of rotatable bonds is 5. The number of hydrogen-bond acceptors (Lipinski definition) is 4. The van der Waals surface area contributed by atoms with Crippen LogP contribution in [0.4, 0.5) is 0 Å². The predicted molar refractivity (Wildman–Crippen MR) is 71.8 cm³/mol. The highest BCUT2D eigenvalue weighted by molar-refractivity contribution is 5.89. The largest absolute Gasteiger partial charge is 0.465 e. The molecule has 4 heteroatoms. The number of ether oxygens (including phenoxy) is 1. The molecule has 2 aromatic rings. The Kier molecular flexibility index (Phi) is 4.36. The summed E-state index contributed by atoms with van der Waals surface area (Å²) in [6.45, 7) is 3.34. The summed E-state index contributed by atoms with van der Waals surface area (Å²) in [6, 6.07) is 11.3. The molecule has 1 aromatic carbocycles. The van der Waals surface area contributed by atoms with Gasteiger partial charge >= 0.3 is 5.97 Å². The zero-order valence-electron chi connectivity index (χ0n) is 11.1. The molecule has 1 N–H and O–H groups in total. The first-order valence-electron chi connectivity index (χ1n) is 6.12. The molecule has 0 aliphatic carbocycles. The number of methoxy groups -OCH3 is 1. The number of carbonyl (C=O) groups is 1. The topological polar surface area (TPSA) is 51.5 Å². The lowest BCUT2D eigenvalue weighted by Crippen LogP contribution is -2.12. The van der Waals surface area contributed by atoms with Gasteiger partial charge in [-0.25, -0.2) is 4.79 Å². The molecule has 0 aliphatic rings. The Morgan fingerprint density at radius 1 is 1.16 bits per heavy atom. The van der Waals surface area contributed by atoms with Crippen LogP contribution >= 0.6 is 0 Å². The zero-order valence-corrected chi connectivity index (χ0v) is 11.1. The van der Waals surface area contributed by atoms with Crippen LogP contribution in [0, 0.1) is 6.92 Å². The molecule has 0 spiro atoms. The first-order chi connectivity index (χ1) is 9.19. The second-order valence-corrected chi connectivity index (χ2v) is 4.30. The molecule has 0 atom stereocenters. The summed E-state index contributed by atoms with van der Waals surface area (Å²) in [5.41, 5.74) is 1.67. The molecule has 1 aromatic heterocycles. The number of hydrogen-bond donors (Lipinski definition) is 1. The van der Waals surface area contributed by atoms with Crippen molar-refractivity contribution in [1.29, 1.82) is 0 Å². The first kappa shape index (κ1) is 13.4. The molecule has 0 unspecified atom stereocenters. The monoisotopic (exact) mass is 259 g/mol. The Bertz CT molecular complexity index is 543. The maximum atomic E-state index is 11.3. The maximum Gasteiger partial charge on any atom is 0.337 e. The normalized spacial score (nSPS) is 10.4. The number of furan rings is 1. The van der Waals surface area contributed by atoms with Crippen LogP contribution in [0.3, 0.4) is 0 Å². The molecule has 4 nitrogen and oxygen atoms in total. The summed E-state index contributed by atoms with van der Waals surface area (Å²) in [5.74, 6) is 1.52. The minimum Gasteiger partial charge on any atom is -0.465 e. The van der Waals surface area contributed by atoms with Crippen molar-refractivity contribution in [3.63, 3.8) is 0 Å². The molecule has 1 heterocycles. The third kappa shape index (κ3) is 3.69. The van der Waals surface area contributed by atoms with Gasteiger partial charge in [0.2, 0.25) is 0 Å². The molecule has 100 valence electrons. The van der Waals surface area contributed by atoms with Crippen LogP contribution in [0.1, 0.15) is 27.4 Å². The van der Waals surface area contributed by atoms with Gasteiger partial charge in [0.15, 0.2) is 0 Å². The van der Waals surface area contributed by atoms with E-state index in [-0.39, 0.29) is 5.97 Å². The van der Waals surface area contributed by atoms with Crippen molar-refractivity contribution in [1.82, 2.24) is 5.32 Å². The van der Waals surface area contributed by atoms with Gasteiger partial charge in [-0.15, -0.1) is 0 Å². The van der Waals surface area contributed by atoms with Gasteiger partial charge in [0, 0.05) is 6.54 Å². The van der Waals surface area contributed by atoms with E-state index in [1.54, 1.807) is 12.1 Å². The highest BCUT2D eigenvalue weighted by atomic mass is 16.5. The highest BCUT2D eigenvalue weighted by Crippen LogP contribution is 2.08. The predicted octanol–water partition coefficient (Wildman–Crippen LogP) is 2.66. The van der Waals surface area contributed by atoms with E-state index in [1.807, 2.05) is 31.2 Å². The highest BCUT2D eigenvalue weighted by Gasteiger charge is 2.04. The number of aryl methyl sites for hydroxylation is 1. The molecular formula is C15H17NO3. The molecule has 0 bridgehead atoms. The van der Waals surface area contributed by atoms with E-state index in [1.165, 1.54) is 7.11 Å². The lowest BCUT2D eigenvalue weighted by Gasteiger charge is -2.04. The SMILES string of the molecule is COC(=O)c1ccc(CNCc2ccc(C)o2)cc1. The third-order valence-corrected chi connectivity index (χ3v) is 2.80. The van der Waals surface area contributed by atoms with E-state index in [4.69, 9.17) is 4.42 Å². The van der Waals surface area contributed by atoms with Crippen LogP contribution in [0.15, 0.2) is 40.8 Å². The molecule has 2 rings (SSSR count). The summed E-state index contributed by atoms with van der Waals surface area (Å²) < 4.78 is 10.1. The molecular weight excluding hydrogens is 242 g/mol. The summed E-state index contributed by atoms with van der Waals surface area (Å²) >= 11 is 0. The van der Waals surface area contributed by atoms with Crippen LogP contribution in [0.25, 0.3) is 0 Å². The van der Waals surface area contributed by atoms with Crippen molar-refractivity contribution in [2.24, 2.45) is 0 Å². The van der Waals surface area contributed by atoms with E-state index in [0.717, 1.165) is 23.6 Å². The Balaban J connectivity index is 1.84. The lowest BCUT2D eigenvalue weighted by molar-refractivity contribution is 0.0600. The zero-order chi connectivity index (χ0) is 13.7. The van der Waals surface area contributed by atoms with E-state index < -0.39 is 0 Å². The molecule has 0 fully saturated rings. The fourth-order valence-corrected chi connectivity index (χ4v) is 1.79. The van der Waals surface area contributed by atoms with Crippen molar-refractivity contribution >= 4 is 5.97 Å². The minimum absolute atomic E-state index is 0.314. The quantitative estimate of drug-likeness (QED) is 0.839. The van der Waals surface area contributed by atoms with Gasteiger partial charge < -0.3 is 14.5 Å². The average Bonchev–Trinajstić information content (AvgIpc) is 2.84. The fourth-order valence-electron chi connectivity index (χ4n) is 1.79. The Morgan fingerprint density at radius 2 is 1.89 bits per heavy atom. The van der Waals surface area contributed by atoms with Crippen molar-refractivity contribution in [2.45, 2.75) is 20.0 Å². The van der Waals surface area contributed by atoms with Crippen LogP contribution in [0.2, 0.25) is 0 Å². The van der Waals surface area contributed by atoms with Gasteiger partial charge in [-0.1, -0.05) is 12.1 Å². The summed E-state index contributed by atoms with van der Waals surface area (Å²) in [4.78, 5) is 11.3. The molecule has 0 radical (unpaired) electrons. The standard InChI is InChI=1S/C15H17NO3/c1-11-3-8-14(19-11)10-16-9-12-4-6-13(7-5-12)15(17)18-2/h3-8,16H,9-10H2,1-2H3. The van der Waals surface area contributed by atoms with Crippen molar-refractivity contribution in [2.75, 3.05) is 7.11 Å². The summed E-state index contributed by atoms with van der Waals surface area (Å²) in [7, 11) is 1.38. The van der Waals surface area contributed by atoms with Gasteiger partial charge in [0.25, 0.3) is 0 Å². The molecule has 0 amide bonds. The van der Waals surface area contributed by atoms with E-state index in [0.29, 0.717) is 12.1 Å². The van der Waals surface area contributed by atoms with Crippen LogP contribution in [0.5, 0.6) is 0 Å². The summed E-state index contributed by atoms with van der Waals surface area (Å²) in [5, 5.41) is 3.28. The van der Waals surface area contributed by atoms with Gasteiger partial charge in [0.1, 0.15) is 11.5 Å². The lowest BCUT2D eigenvalue weighted by atomic mass is 10.1. The second-order valence-electron chi connectivity index (χ2n) is 4.30. The van der Waals surface area contributed by atoms with Gasteiger partial charge in [0.05, 0.1) is 19.2 Å². The van der Waals surface area contributed by atoms with Crippen molar-refractivity contribution in [3.05, 3.63) is 59.0 Å². The molecule has 0 saturated heterocycles. The number of carbonyl (C=O) groups excluding carboxylic acids is 1. The van der Waals surface area contributed by atoms with E-state index >= 15 is 0 Å². The average molecular weight is 259 g/mol. The van der Waals surface area contributed by atoms with Gasteiger partial charge in [-0.05, 0) is 36.8 Å². The smallest absolute Gasteiger partial charge is 0.337 e. The molecule has 0 aliphatic heterocycles. The molecule has 0 saturated carbocycles. The molecule has 19 heavy (non-hydrogen) atoms. The Labute approximate surface area is 112 Å². The fraction of sp³-hybridized carbons (Fsp3) is 0.267.